The first kappa shape index (κ1) is 21.8. The van der Waals surface area contributed by atoms with Crippen LogP contribution in [0.5, 0.6) is 0 Å². The first-order chi connectivity index (χ1) is 14.3. The van der Waals surface area contributed by atoms with Crippen molar-refractivity contribution in [2.75, 3.05) is 26.3 Å². The highest BCUT2D eigenvalue weighted by molar-refractivity contribution is 6.33. The summed E-state index contributed by atoms with van der Waals surface area (Å²) in [6.45, 7) is 2.44. The molecule has 2 aromatic rings. The van der Waals surface area contributed by atoms with Gasteiger partial charge in [-0.25, -0.2) is 0 Å². The monoisotopic (exact) mass is 435 g/mol. The molecule has 0 saturated carbocycles. The second-order valence-electron chi connectivity index (χ2n) is 7.09. The van der Waals surface area contributed by atoms with Crippen molar-refractivity contribution < 1.29 is 28.8 Å². The summed E-state index contributed by atoms with van der Waals surface area (Å²) >= 11 is 6.16. The van der Waals surface area contributed by atoms with Crippen LogP contribution in [0.3, 0.4) is 0 Å². The molecular formula is C20H22ClN3O6. The van der Waals surface area contributed by atoms with Crippen molar-refractivity contribution in [1.29, 1.82) is 0 Å². The topological polar surface area (TPSA) is 122 Å². The van der Waals surface area contributed by atoms with Gasteiger partial charge in [0.25, 0.3) is 5.91 Å². The maximum atomic E-state index is 12.9. The van der Waals surface area contributed by atoms with Gasteiger partial charge in [0.2, 0.25) is 5.91 Å². The predicted octanol–water partition coefficient (Wildman–Crippen LogP) is 2.06. The highest BCUT2D eigenvalue weighted by Crippen LogP contribution is 2.28. The van der Waals surface area contributed by atoms with Crippen LogP contribution in [0.2, 0.25) is 5.02 Å². The van der Waals surface area contributed by atoms with Crippen molar-refractivity contribution in [3.8, 4) is 11.3 Å². The number of amides is 2. The molecule has 0 spiro atoms. The number of nitrogens with zero attached hydrogens (tertiary/aromatic N) is 2. The predicted molar refractivity (Wildman–Crippen MR) is 107 cm³/mol. The third kappa shape index (κ3) is 5.37. The number of aliphatic carboxylic acids is 1. The van der Waals surface area contributed by atoms with E-state index in [2.05, 4.69) is 10.5 Å². The Balaban J connectivity index is 1.69. The van der Waals surface area contributed by atoms with Gasteiger partial charge in [-0.05, 0) is 19.1 Å². The summed E-state index contributed by atoms with van der Waals surface area (Å²) < 4.78 is 10.8. The molecule has 1 aromatic heterocycles. The maximum Gasteiger partial charge on any atom is 0.305 e. The van der Waals surface area contributed by atoms with Crippen LogP contribution in [0.1, 0.15) is 23.8 Å². The molecule has 2 N–H and O–H groups in total. The SMILES string of the molecule is CC(CC(=O)O)NC(=O)C1COCCN(C(=O)c2cc(-c3ccccc3Cl)on2)C1. The van der Waals surface area contributed by atoms with E-state index >= 15 is 0 Å². The van der Waals surface area contributed by atoms with Crippen LogP contribution in [0.15, 0.2) is 34.9 Å². The summed E-state index contributed by atoms with van der Waals surface area (Å²) in [7, 11) is 0. The van der Waals surface area contributed by atoms with Crippen molar-refractivity contribution in [3.63, 3.8) is 0 Å². The number of nitrogens with one attached hydrogen (secondary N) is 1. The number of carbonyl (C=O) groups excluding carboxylic acids is 2. The lowest BCUT2D eigenvalue weighted by Gasteiger charge is -2.23. The van der Waals surface area contributed by atoms with Gasteiger partial charge in [-0.1, -0.05) is 28.9 Å². The van der Waals surface area contributed by atoms with E-state index in [1.54, 1.807) is 31.2 Å². The van der Waals surface area contributed by atoms with Crippen molar-refractivity contribution in [3.05, 3.63) is 41.0 Å². The van der Waals surface area contributed by atoms with Crippen molar-refractivity contribution in [2.45, 2.75) is 19.4 Å². The van der Waals surface area contributed by atoms with E-state index in [1.807, 2.05) is 0 Å². The molecule has 1 fully saturated rings. The zero-order valence-electron chi connectivity index (χ0n) is 16.3. The quantitative estimate of drug-likeness (QED) is 0.712. The Kier molecular flexibility index (Phi) is 7.07. The van der Waals surface area contributed by atoms with Crippen LogP contribution < -0.4 is 5.32 Å². The number of ether oxygens (including phenoxy) is 1. The lowest BCUT2D eigenvalue weighted by molar-refractivity contribution is -0.137. The van der Waals surface area contributed by atoms with E-state index in [0.717, 1.165) is 0 Å². The number of carboxylic acid groups (broad SMARTS) is 1. The van der Waals surface area contributed by atoms with Crippen LogP contribution in [-0.2, 0) is 14.3 Å². The molecule has 160 valence electrons. The summed E-state index contributed by atoms with van der Waals surface area (Å²) in [5.41, 5.74) is 0.722. The second-order valence-corrected chi connectivity index (χ2v) is 7.49. The van der Waals surface area contributed by atoms with Gasteiger partial charge in [0, 0.05) is 30.8 Å². The van der Waals surface area contributed by atoms with Crippen molar-refractivity contribution >= 4 is 29.4 Å². The fraction of sp³-hybridized carbons (Fsp3) is 0.400. The summed E-state index contributed by atoms with van der Waals surface area (Å²) in [6, 6.07) is 8.03. The molecular weight excluding hydrogens is 414 g/mol. The Morgan fingerprint density at radius 3 is 2.87 bits per heavy atom. The molecule has 1 aliphatic heterocycles. The fourth-order valence-electron chi connectivity index (χ4n) is 3.15. The van der Waals surface area contributed by atoms with E-state index in [9.17, 15) is 14.4 Å². The Bertz CT molecular complexity index is 931. The number of aromatic nitrogens is 1. The van der Waals surface area contributed by atoms with E-state index in [-0.39, 0.29) is 43.7 Å². The highest BCUT2D eigenvalue weighted by atomic mass is 35.5. The maximum absolute atomic E-state index is 12.9. The molecule has 30 heavy (non-hydrogen) atoms. The Labute approximate surface area is 177 Å². The highest BCUT2D eigenvalue weighted by Gasteiger charge is 2.30. The average Bonchev–Trinajstić information content (AvgIpc) is 3.04. The van der Waals surface area contributed by atoms with Crippen LogP contribution in [-0.4, -0.2) is 65.3 Å². The van der Waals surface area contributed by atoms with Gasteiger partial charge < -0.3 is 24.6 Å². The van der Waals surface area contributed by atoms with Gasteiger partial charge in [-0.15, -0.1) is 0 Å². The lowest BCUT2D eigenvalue weighted by atomic mass is 10.1. The van der Waals surface area contributed by atoms with Crippen LogP contribution in [0.25, 0.3) is 11.3 Å². The molecule has 10 heteroatoms. The molecule has 1 aliphatic rings. The first-order valence-electron chi connectivity index (χ1n) is 9.46. The smallest absolute Gasteiger partial charge is 0.305 e. The average molecular weight is 436 g/mol. The van der Waals surface area contributed by atoms with Gasteiger partial charge in [0.15, 0.2) is 11.5 Å². The van der Waals surface area contributed by atoms with E-state index in [0.29, 0.717) is 22.9 Å². The molecule has 2 heterocycles. The minimum absolute atomic E-state index is 0.102. The fourth-order valence-corrected chi connectivity index (χ4v) is 3.38. The molecule has 1 saturated heterocycles. The molecule has 2 unspecified atom stereocenters. The summed E-state index contributed by atoms with van der Waals surface area (Å²) in [5, 5.41) is 15.8. The largest absolute Gasteiger partial charge is 0.481 e. The third-order valence-corrected chi connectivity index (χ3v) is 4.99. The molecule has 0 aliphatic carbocycles. The number of carbonyl (C=O) groups is 3. The number of hydrogen-bond acceptors (Lipinski definition) is 6. The summed E-state index contributed by atoms with van der Waals surface area (Å²) in [4.78, 5) is 37.7. The second kappa shape index (κ2) is 9.73. The normalized spacial score (nSPS) is 17.8. The number of carboxylic acids is 1. The Morgan fingerprint density at radius 2 is 2.13 bits per heavy atom. The lowest BCUT2D eigenvalue weighted by Crippen LogP contribution is -2.44. The molecule has 2 atom stereocenters. The van der Waals surface area contributed by atoms with E-state index < -0.39 is 17.9 Å². The minimum Gasteiger partial charge on any atom is -0.481 e. The number of halogens is 1. The molecule has 0 radical (unpaired) electrons. The molecule has 9 nitrogen and oxygen atoms in total. The van der Waals surface area contributed by atoms with Gasteiger partial charge in [-0.2, -0.15) is 0 Å². The summed E-state index contributed by atoms with van der Waals surface area (Å²) in [6.07, 6.45) is -0.189. The molecule has 3 rings (SSSR count). The third-order valence-electron chi connectivity index (χ3n) is 4.66. The van der Waals surface area contributed by atoms with Gasteiger partial charge in [0.05, 0.1) is 30.6 Å². The van der Waals surface area contributed by atoms with E-state index in [1.165, 1.54) is 11.0 Å². The zero-order chi connectivity index (χ0) is 21.7. The molecule has 1 aromatic carbocycles. The Hall–Kier alpha value is -2.91. The number of rotatable bonds is 6. The van der Waals surface area contributed by atoms with Crippen LogP contribution in [0.4, 0.5) is 0 Å². The number of hydrogen-bond donors (Lipinski definition) is 2. The van der Waals surface area contributed by atoms with Gasteiger partial charge >= 0.3 is 5.97 Å². The first-order valence-corrected chi connectivity index (χ1v) is 9.83. The molecule has 0 bridgehead atoms. The minimum atomic E-state index is -1.00. The Morgan fingerprint density at radius 1 is 1.37 bits per heavy atom. The van der Waals surface area contributed by atoms with Gasteiger partial charge in [0.1, 0.15) is 0 Å². The van der Waals surface area contributed by atoms with Crippen LogP contribution in [0, 0.1) is 5.92 Å². The van der Waals surface area contributed by atoms with Crippen LogP contribution >= 0.6 is 11.6 Å². The number of benzene rings is 1. The zero-order valence-corrected chi connectivity index (χ0v) is 17.1. The van der Waals surface area contributed by atoms with Crippen molar-refractivity contribution in [2.24, 2.45) is 5.92 Å². The van der Waals surface area contributed by atoms with Crippen molar-refractivity contribution in [1.82, 2.24) is 15.4 Å². The molecule has 2 amide bonds. The standard InChI is InChI=1S/C20H22ClN3O6/c1-12(8-18(25)26)22-19(27)13-10-24(6-7-29-11-13)20(28)16-9-17(30-23-16)14-4-2-3-5-15(14)21/h2-5,9,12-13H,6-8,10-11H2,1H3,(H,22,27)(H,25,26). The van der Waals surface area contributed by atoms with Gasteiger partial charge in [-0.3, -0.25) is 14.4 Å². The summed E-state index contributed by atoms with van der Waals surface area (Å²) in [5.74, 6) is -2.01. The van der Waals surface area contributed by atoms with E-state index in [4.69, 9.17) is 26.0 Å².